The topological polar surface area (TPSA) is 26.3 Å². The Morgan fingerprint density at radius 3 is 2.46 bits per heavy atom. The summed E-state index contributed by atoms with van der Waals surface area (Å²) in [5.74, 6) is 0.849. The Morgan fingerprint density at radius 1 is 1.38 bits per heavy atom. The molecule has 1 aromatic carbocycles. The van der Waals surface area contributed by atoms with E-state index >= 15 is 0 Å². The Morgan fingerprint density at radius 2 is 2.00 bits per heavy atom. The van der Waals surface area contributed by atoms with Crippen LogP contribution in [0.4, 0.5) is 0 Å². The van der Waals surface area contributed by atoms with E-state index in [1.807, 2.05) is 31.2 Å². The summed E-state index contributed by atoms with van der Waals surface area (Å²) in [6.45, 7) is 2.61. The molecule has 2 nitrogen and oxygen atoms in total. The molecule has 0 radical (unpaired) electrons. The summed E-state index contributed by atoms with van der Waals surface area (Å²) in [6.07, 6.45) is 0. The van der Waals surface area contributed by atoms with Gasteiger partial charge < -0.3 is 18.1 Å². The fourth-order valence-electron chi connectivity index (χ4n) is 0.856. The summed E-state index contributed by atoms with van der Waals surface area (Å²) in [6, 6.07) is 8.39. The molecular weight excluding hydrogens is 178 g/mol. The van der Waals surface area contributed by atoms with Gasteiger partial charge in [-0.3, -0.25) is 0 Å². The van der Waals surface area contributed by atoms with Crippen molar-refractivity contribution in [1.29, 1.82) is 0 Å². The minimum Gasteiger partial charge on any atom is -0.494 e. The smallest absolute Gasteiger partial charge is 0.494 e. The number of hydrogen-bond acceptors (Lipinski definition) is 2. The maximum absolute atomic E-state index is 10.1. The monoisotopic (exact) mass is 188 g/mol. The second kappa shape index (κ2) is 7.15. The molecule has 0 aliphatic heterocycles. The summed E-state index contributed by atoms with van der Waals surface area (Å²) in [4.78, 5) is 10.1. The molecule has 4 heteroatoms. The van der Waals surface area contributed by atoms with Gasteiger partial charge in [-0.25, -0.2) is 0 Å². The van der Waals surface area contributed by atoms with Gasteiger partial charge in [0.25, 0.3) is 0 Å². The molecule has 0 N–H and O–H groups in total. The Balaban J connectivity index is 0.00000144. The van der Waals surface area contributed by atoms with Crippen LogP contribution in [-0.4, -0.2) is 12.6 Å². The van der Waals surface area contributed by atoms with Crippen molar-refractivity contribution in [2.24, 2.45) is 0 Å². The van der Waals surface area contributed by atoms with Crippen LogP contribution >= 0.6 is 8.58 Å². The third-order valence-electron chi connectivity index (χ3n) is 1.35. The van der Waals surface area contributed by atoms with Crippen LogP contribution in [0.1, 0.15) is 6.92 Å². The van der Waals surface area contributed by atoms with Crippen LogP contribution in [0, 0.1) is 0 Å². The normalized spacial score (nSPS) is 9.62. The first-order valence-corrected chi connectivity index (χ1v) is 4.70. The molecule has 0 aliphatic carbocycles. The van der Waals surface area contributed by atoms with Gasteiger partial charge in [0, 0.05) is 0 Å². The van der Waals surface area contributed by atoms with E-state index in [1.165, 1.54) is 0 Å². The van der Waals surface area contributed by atoms with E-state index in [0.29, 0.717) is 15.2 Å². The second-order valence-corrected chi connectivity index (χ2v) is 3.15. The molecule has 0 spiro atoms. The van der Waals surface area contributed by atoms with Gasteiger partial charge in [-0.1, -0.05) is 12.1 Å². The molecule has 13 heavy (non-hydrogen) atoms. The van der Waals surface area contributed by atoms with Gasteiger partial charge in [-0.2, -0.15) is 5.30 Å². The van der Waals surface area contributed by atoms with Gasteiger partial charge in [0.15, 0.2) is 0 Å². The van der Waals surface area contributed by atoms with E-state index in [9.17, 15) is 4.79 Å². The Labute approximate surface area is 92.0 Å². The number of rotatable bonds is 4. The van der Waals surface area contributed by atoms with Crippen molar-refractivity contribution in [2.75, 3.05) is 6.61 Å². The number of ether oxygens (including phenoxy) is 1. The van der Waals surface area contributed by atoms with Gasteiger partial charge in [-0.15, -0.1) is 0 Å². The van der Waals surface area contributed by atoms with Crippen molar-refractivity contribution in [1.82, 2.24) is 0 Å². The second-order valence-electron chi connectivity index (χ2n) is 2.16. The molecular formula is C9H10LiO2P. The van der Waals surface area contributed by atoms with Gasteiger partial charge in [0.2, 0.25) is 0 Å². The van der Waals surface area contributed by atoms with Crippen LogP contribution in [0.25, 0.3) is 0 Å². The Bertz CT molecular complexity index is 248. The molecule has 1 aromatic rings. The van der Waals surface area contributed by atoms with Gasteiger partial charge in [-0.05, 0) is 25.1 Å². The number of carbonyl (C=O) groups excluding carboxylic acids is 1. The molecule has 0 aromatic heterocycles. The number of carbonyl (C=O) groups is 1. The number of hydrogen-bond donors (Lipinski definition) is 0. The van der Waals surface area contributed by atoms with Crippen LogP contribution in [0.5, 0.6) is 5.75 Å². The van der Waals surface area contributed by atoms with Crippen LogP contribution < -0.4 is 28.9 Å². The summed E-state index contributed by atoms with van der Waals surface area (Å²) < 4.78 is 5.25. The van der Waals surface area contributed by atoms with Gasteiger partial charge >= 0.3 is 18.9 Å². The Hall–Kier alpha value is -0.283. The van der Waals surface area contributed by atoms with E-state index in [2.05, 4.69) is 0 Å². The fourth-order valence-corrected chi connectivity index (χ4v) is 1.30. The zero-order chi connectivity index (χ0) is 8.81. The summed E-state index contributed by atoms with van der Waals surface area (Å²) >= 11 is 0. The summed E-state index contributed by atoms with van der Waals surface area (Å²) in [5.41, 5.74) is 0. The Kier molecular flexibility index (Phi) is 7.00. The zero-order valence-corrected chi connectivity index (χ0v) is 8.75. The number of benzene rings is 1. The quantitative estimate of drug-likeness (QED) is 0.339. The molecule has 1 rings (SSSR count). The minimum atomic E-state index is 0. The van der Waals surface area contributed by atoms with E-state index in [-0.39, 0.29) is 18.9 Å². The van der Waals surface area contributed by atoms with Crippen molar-refractivity contribution in [3.05, 3.63) is 24.3 Å². The van der Waals surface area contributed by atoms with E-state index in [1.54, 1.807) is 0 Å². The average molecular weight is 188 g/mol. The molecule has 0 atom stereocenters. The molecule has 0 amide bonds. The van der Waals surface area contributed by atoms with Crippen molar-refractivity contribution in [3.8, 4) is 5.75 Å². The van der Waals surface area contributed by atoms with Gasteiger partial charge in [0.1, 0.15) is 5.75 Å². The first-order valence-electron chi connectivity index (χ1n) is 3.74. The molecule has 0 saturated heterocycles. The van der Waals surface area contributed by atoms with E-state index in [0.717, 1.165) is 17.1 Å². The fraction of sp³-hybridized carbons (Fsp3) is 0.222. The van der Waals surface area contributed by atoms with Crippen molar-refractivity contribution in [3.63, 3.8) is 0 Å². The third kappa shape index (κ3) is 4.48. The van der Waals surface area contributed by atoms with Gasteiger partial charge in [0.05, 0.1) is 6.61 Å². The van der Waals surface area contributed by atoms with E-state index < -0.39 is 0 Å². The largest absolute Gasteiger partial charge is 1.00 e. The van der Waals surface area contributed by atoms with Crippen LogP contribution in [-0.2, 0) is 4.79 Å². The molecule has 0 aliphatic rings. The van der Waals surface area contributed by atoms with Crippen molar-refractivity contribution in [2.45, 2.75) is 6.92 Å². The molecule has 0 heterocycles. The average Bonchev–Trinajstić information content (AvgIpc) is 2.09. The molecule has 64 valence electrons. The van der Waals surface area contributed by atoms with Crippen LogP contribution in [0.15, 0.2) is 24.3 Å². The molecule has 0 saturated carbocycles. The van der Waals surface area contributed by atoms with Crippen molar-refractivity contribution < 1.29 is 28.4 Å². The molecule has 0 bridgehead atoms. The third-order valence-corrected chi connectivity index (χ3v) is 2.05. The SMILES string of the molecule is CCOc1ccc([P-]C=O)cc1.[Li+]. The van der Waals surface area contributed by atoms with Crippen LogP contribution in [0.2, 0.25) is 0 Å². The molecule has 0 fully saturated rings. The first kappa shape index (κ1) is 12.7. The maximum Gasteiger partial charge on any atom is 1.00 e. The molecule has 0 unspecified atom stereocenters. The first-order chi connectivity index (χ1) is 5.86. The standard InChI is InChI=1S/C9H10O2P.Li/c1-2-11-8-3-5-9(6-4-8)12-7-10;/h3-7H,2H2,1H3;/q-1;+1. The van der Waals surface area contributed by atoms with Crippen molar-refractivity contribution >= 4 is 19.9 Å². The summed E-state index contributed by atoms with van der Waals surface area (Å²) in [7, 11) is 0.708. The summed E-state index contributed by atoms with van der Waals surface area (Å²) in [5, 5.41) is 0.994. The van der Waals surface area contributed by atoms with E-state index in [4.69, 9.17) is 4.74 Å². The predicted octanol–water partition coefficient (Wildman–Crippen LogP) is -1.15. The maximum atomic E-state index is 10.1. The predicted molar refractivity (Wildman–Crippen MR) is 50.9 cm³/mol. The zero-order valence-electron chi connectivity index (χ0n) is 7.86. The minimum absolute atomic E-state index is 0. The van der Waals surface area contributed by atoms with Crippen LogP contribution in [0.3, 0.4) is 0 Å².